The highest BCUT2D eigenvalue weighted by atomic mass is 16.4. The Morgan fingerprint density at radius 1 is 1.15 bits per heavy atom. The number of carboxylic acids is 1. The number of fused-ring (bicyclic) bond motifs is 1. The van der Waals surface area contributed by atoms with E-state index in [1.54, 1.807) is 0 Å². The summed E-state index contributed by atoms with van der Waals surface area (Å²) in [7, 11) is 0. The second-order valence-corrected chi connectivity index (χ2v) is 6.71. The minimum absolute atomic E-state index is 0.357. The number of carboxylic acid groups (broad SMARTS) is 1. The van der Waals surface area contributed by atoms with Gasteiger partial charge in [0.1, 0.15) is 0 Å². The van der Waals surface area contributed by atoms with E-state index < -0.39 is 11.4 Å². The monoisotopic (exact) mass is 272 g/mol. The third-order valence-corrected chi connectivity index (χ3v) is 5.76. The first-order chi connectivity index (χ1) is 9.65. The molecular formula is C18H24O2. The molecule has 0 bridgehead atoms. The first kappa shape index (κ1) is 13.7. The summed E-state index contributed by atoms with van der Waals surface area (Å²) in [5.41, 5.74) is 1.99. The average Bonchev–Trinajstić information content (AvgIpc) is 2.88. The summed E-state index contributed by atoms with van der Waals surface area (Å²) in [6.07, 6.45) is 7.34. The van der Waals surface area contributed by atoms with Gasteiger partial charge in [0.2, 0.25) is 0 Å². The fraction of sp³-hybridized carbons (Fsp3) is 0.611. The Morgan fingerprint density at radius 2 is 1.70 bits per heavy atom. The van der Waals surface area contributed by atoms with Crippen molar-refractivity contribution < 1.29 is 9.90 Å². The molecule has 20 heavy (non-hydrogen) atoms. The molecule has 0 radical (unpaired) electrons. The van der Waals surface area contributed by atoms with E-state index in [-0.39, 0.29) is 0 Å². The van der Waals surface area contributed by atoms with Crippen LogP contribution in [0.4, 0.5) is 0 Å². The lowest BCUT2D eigenvalue weighted by atomic mass is 9.65. The van der Waals surface area contributed by atoms with Gasteiger partial charge in [-0.05, 0) is 48.6 Å². The van der Waals surface area contributed by atoms with Crippen LogP contribution in [0.5, 0.6) is 0 Å². The highest BCUT2D eigenvalue weighted by Crippen LogP contribution is 2.49. The molecule has 0 aromatic heterocycles. The number of carbonyl (C=O) groups is 1. The molecule has 0 amide bonds. The molecule has 1 fully saturated rings. The van der Waals surface area contributed by atoms with Crippen molar-refractivity contribution in [3.8, 4) is 0 Å². The molecule has 2 heteroatoms. The van der Waals surface area contributed by atoms with Gasteiger partial charge in [0.15, 0.2) is 0 Å². The molecule has 2 nitrogen and oxygen atoms in total. The lowest BCUT2D eigenvalue weighted by Gasteiger charge is -2.38. The van der Waals surface area contributed by atoms with Crippen molar-refractivity contribution in [2.45, 2.75) is 51.9 Å². The Hall–Kier alpha value is -1.31. The Labute approximate surface area is 121 Å². The lowest BCUT2D eigenvalue weighted by Crippen LogP contribution is -2.41. The second kappa shape index (κ2) is 5.23. The predicted molar refractivity (Wildman–Crippen MR) is 79.7 cm³/mol. The maximum Gasteiger partial charge on any atom is 0.310 e. The maximum absolute atomic E-state index is 12.0. The van der Waals surface area contributed by atoms with Crippen LogP contribution in [0, 0.1) is 17.3 Å². The highest BCUT2D eigenvalue weighted by molar-refractivity contribution is 5.77. The third kappa shape index (κ3) is 2.15. The number of hydrogen-bond acceptors (Lipinski definition) is 1. The summed E-state index contributed by atoms with van der Waals surface area (Å²) < 4.78 is 0. The largest absolute Gasteiger partial charge is 0.481 e. The van der Waals surface area contributed by atoms with E-state index in [9.17, 15) is 9.90 Å². The van der Waals surface area contributed by atoms with Gasteiger partial charge in [0, 0.05) is 0 Å². The van der Waals surface area contributed by atoms with Gasteiger partial charge in [-0.1, -0.05) is 50.5 Å². The van der Waals surface area contributed by atoms with Crippen molar-refractivity contribution in [2.24, 2.45) is 17.3 Å². The molecule has 0 spiro atoms. The molecule has 108 valence electrons. The zero-order chi connectivity index (χ0) is 14.2. The van der Waals surface area contributed by atoms with Crippen LogP contribution in [0.15, 0.2) is 24.3 Å². The van der Waals surface area contributed by atoms with E-state index in [0.29, 0.717) is 5.92 Å². The van der Waals surface area contributed by atoms with E-state index in [4.69, 9.17) is 0 Å². The zero-order valence-electron chi connectivity index (χ0n) is 12.3. The van der Waals surface area contributed by atoms with Crippen LogP contribution in [0.2, 0.25) is 0 Å². The van der Waals surface area contributed by atoms with E-state index in [2.05, 4.69) is 19.1 Å². The smallest absolute Gasteiger partial charge is 0.310 e. The molecule has 1 N–H and O–H groups in total. The molecule has 2 aliphatic rings. The summed E-state index contributed by atoms with van der Waals surface area (Å²) in [6.45, 7) is 2.25. The van der Waals surface area contributed by atoms with Gasteiger partial charge >= 0.3 is 5.97 Å². The van der Waals surface area contributed by atoms with Crippen LogP contribution in [0.3, 0.4) is 0 Å². The fourth-order valence-electron chi connectivity index (χ4n) is 4.38. The van der Waals surface area contributed by atoms with Crippen molar-refractivity contribution in [2.75, 3.05) is 0 Å². The van der Waals surface area contributed by atoms with E-state index in [1.165, 1.54) is 30.4 Å². The van der Waals surface area contributed by atoms with Crippen LogP contribution in [0.1, 0.15) is 50.2 Å². The minimum atomic E-state index is -0.575. The quantitative estimate of drug-likeness (QED) is 0.900. The Balaban J connectivity index is 1.83. The van der Waals surface area contributed by atoms with Crippen LogP contribution >= 0.6 is 0 Å². The molecule has 0 aliphatic heterocycles. The van der Waals surface area contributed by atoms with Crippen LogP contribution in [-0.4, -0.2) is 11.1 Å². The van der Waals surface area contributed by atoms with Gasteiger partial charge in [-0.25, -0.2) is 0 Å². The number of hydrogen-bond donors (Lipinski definition) is 1. The Morgan fingerprint density at radius 3 is 2.15 bits per heavy atom. The van der Waals surface area contributed by atoms with Crippen LogP contribution < -0.4 is 0 Å². The molecule has 0 heterocycles. The number of rotatable bonds is 3. The molecule has 0 saturated heterocycles. The standard InChI is InChI=1S/C18H24O2/c1-2-13-7-9-16(10-8-13)18(17(19)20)11-14-5-3-4-6-15(14)12-18/h3-6,13,16H,2,7-12H2,1H3,(H,19,20). The first-order valence-corrected chi connectivity index (χ1v) is 7.96. The van der Waals surface area contributed by atoms with Crippen LogP contribution in [-0.2, 0) is 17.6 Å². The van der Waals surface area contributed by atoms with Gasteiger partial charge in [-0.2, -0.15) is 0 Å². The van der Waals surface area contributed by atoms with E-state index >= 15 is 0 Å². The van der Waals surface area contributed by atoms with Crippen molar-refractivity contribution >= 4 is 5.97 Å². The number of aliphatic carboxylic acids is 1. The predicted octanol–water partition coefficient (Wildman–Crippen LogP) is 4.07. The first-order valence-electron chi connectivity index (χ1n) is 7.96. The summed E-state index contributed by atoms with van der Waals surface area (Å²) in [5.74, 6) is 0.602. The van der Waals surface area contributed by atoms with Crippen molar-refractivity contribution in [1.29, 1.82) is 0 Å². The van der Waals surface area contributed by atoms with Gasteiger partial charge in [0.05, 0.1) is 5.41 Å². The molecule has 1 aromatic carbocycles. The summed E-state index contributed by atoms with van der Waals surface area (Å²) in [4.78, 5) is 12.0. The van der Waals surface area contributed by atoms with Gasteiger partial charge in [-0.15, -0.1) is 0 Å². The van der Waals surface area contributed by atoms with Gasteiger partial charge in [-0.3, -0.25) is 4.79 Å². The summed E-state index contributed by atoms with van der Waals surface area (Å²) in [5, 5.41) is 9.91. The topological polar surface area (TPSA) is 37.3 Å². The highest BCUT2D eigenvalue weighted by Gasteiger charge is 2.50. The number of benzene rings is 1. The second-order valence-electron chi connectivity index (χ2n) is 6.71. The Bertz CT molecular complexity index is 473. The lowest BCUT2D eigenvalue weighted by molar-refractivity contribution is -0.153. The molecule has 0 atom stereocenters. The fourth-order valence-corrected chi connectivity index (χ4v) is 4.38. The van der Waals surface area contributed by atoms with E-state index in [0.717, 1.165) is 31.6 Å². The van der Waals surface area contributed by atoms with Crippen molar-refractivity contribution in [1.82, 2.24) is 0 Å². The zero-order valence-corrected chi connectivity index (χ0v) is 12.3. The van der Waals surface area contributed by atoms with Crippen molar-refractivity contribution in [3.63, 3.8) is 0 Å². The van der Waals surface area contributed by atoms with E-state index in [1.807, 2.05) is 12.1 Å². The van der Waals surface area contributed by atoms with Crippen LogP contribution in [0.25, 0.3) is 0 Å². The van der Waals surface area contributed by atoms with Gasteiger partial charge < -0.3 is 5.11 Å². The molecule has 1 aromatic rings. The summed E-state index contributed by atoms with van der Waals surface area (Å²) >= 11 is 0. The third-order valence-electron chi connectivity index (χ3n) is 5.76. The molecule has 2 aliphatic carbocycles. The van der Waals surface area contributed by atoms with Gasteiger partial charge in [0.25, 0.3) is 0 Å². The SMILES string of the molecule is CCC1CCC(C2(C(=O)O)Cc3ccccc3C2)CC1. The maximum atomic E-state index is 12.0. The van der Waals surface area contributed by atoms with Crippen molar-refractivity contribution in [3.05, 3.63) is 35.4 Å². The molecule has 3 rings (SSSR count). The minimum Gasteiger partial charge on any atom is -0.481 e. The Kier molecular flexibility index (Phi) is 3.57. The average molecular weight is 272 g/mol. The molecule has 0 unspecified atom stereocenters. The summed E-state index contributed by atoms with van der Waals surface area (Å²) in [6, 6.07) is 8.28. The normalized spacial score (nSPS) is 28.1. The molecule has 1 saturated carbocycles. The molecular weight excluding hydrogens is 248 g/mol.